The lowest BCUT2D eigenvalue weighted by Crippen LogP contribution is -2.40. The summed E-state index contributed by atoms with van der Waals surface area (Å²) in [7, 11) is 0. The Morgan fingerprint density at radius 3 is 2.65 bits per heavy atom. The fourth-order valence-corrected chi connectivity index (χ4v) is 1.87. The number of carbonyl (C=O) groups excluding carboxylic acids is 1. The maximum atomic E-state index is 11.0. The number of rotatable bonds is 8. The molecule has 0 fully saturated rings. The van der Waals surface area contributed by atoms with E-state index in [9.17, 15) is 4.79 Å². The number of primary amides is 1. The minimum absolute atomic E-state index is 0.230. The highest BCUT2D eigenvalue weighted by Gasteiger charge is 2.12. The van der Waals surface area contributed by atoms with Gasteiger partial charge in [0.1, 0.15) is 17.3 Å². The van der Waals surface area contributed by atoms with E-state index >= 15 is 0 Å². The molecule has 1 rings (SSSR count). The average Bonchev–Trinajstić information content (AvgIpc) is 2.37. The van der Waals surface area contributed by atoms with Crippen LogP contribution in [0, 0.1) is 0 Å². The van der Waals surface area contributed by atoms with E-state index in [0.29, 0.717) is 23.9 Å². The van der Waals surface area contributed by atoms with Gasteiger partial charge in [0.15, 0.2) is 0 Å². The van der Waals surface area contributed by atoms with Crippen molar-refractivity contribution >= 4 is 23.1 Å². The van der Waals surface area contributed by atoms with Gasteiger partial charge in [0, 0.05) is 18.2 Å². The standard InChI is InChI=1S/C14H21N3O2S/c1-10(2)17(9-13(15)18)6-7-19-12-5-3-4-11(8-12)14(16)20/h3-5,8,10H,6-7,9H2,1-2H3,(H2,15,18)(H2,16,20). The predicted molar refractivity (Wildman–Crippen MR) is 83.7 cm³/mol. The van der Waals surface area contributed by atoms with E-state index in [1.165, 1.54) is 0 Å². The van der Waals surface area contributed by atoms with Crippen LogP contribution in [0.4, 0.5) is 0 Å². The van der Waals surface area contributed by atoms with Crippen LogP contribution in [0.1, 0.15) is 19.4 Å². The molecule has 0 unspecified atom stereocenters. The van der Waals surface area contributed by atoms with Crippen molar-refractivity contribution in [2.45, 2.75) is 19.9 Å². The molecule has 0 heterocycles. The van der Waals surface area contributed by atoms with Crippen LogP contribution in [0.25, 0.3) is 0 Å². The smallest absolute Gasteiger partial charge is 0.231 e. The third-order valence-corrected chi connectivity index (χ3v) is 3.09. The lowest BCUT2D eigenvalue weighted by molar-refractivity contribution is -0.119. The Hall–Kier alpha value is -1.66. The molecule has 0 aliphatic carbocycles. The monoisotopic (exact) mass is 295 g/mol. The Labute approximate surface area is 124 Å². The first-order valence-corrected chi connectivity index (χ1v) is 6.86. The normalized spacial score (nSPS) is 10.8. The summed E-state index contributed by atoms with van der Waals surface area (Å²) in [6.07, 6.45) is 0. The summed E-state index contributed by atoms with van der Waals surface area (Å²) in [5.74, 6) is 0.368. The van der Waals surface area contributed by atoms with Gasteiger partial charge in [-0.15, -0.1) is 0 Å². The third-order valence-electron chi connectivity index (χ3n) is 2.86. The Kier molecular flexibility index (Phi) is 6.41. The van der Waals surface area contributed by atoms with Gasteiger partial charge in [-0.2, -0.15) is 0 Å². The Balaban J connectivity index is 2.52. The van der Waals surface area contributed by atoms with Crippen molar-refractivity contribution in [3.63, 3.8) is 0 Å². The van der Waals surface area contributed by atoms with Crippen molar-refractivity contribution in [3.05, 3.63) is 29.8 Å². The van der Waals surface area contributed by atoms with E-state index in [0.717, 1.165) is 5.56 Å². The fraction of sp³-hybridized carbons (Fsp3) is 0.429. The molecule has 1 aromatic carbocycles. The van der Waals surface area contributed by atoms with Crippen molar-refractivity contribution in [3.8, 4) is 5.75 Å². The van der Waals surface area contributed by atoms with Crippen LogP contribution < -0.4 is 16.2 Å². The predicted octanol–water partition coefficient (Wildman–Crippen LogP) is 0.895. The van der Waals surface area contributed by atoms with Crippen molar-refractivity contribution in [1.82, 2.24) is 4.90 Å². The fourth-order valence-electron chi connectivity index (χ4n) is 1.74. The second kappa shape index (κ2) is 7.81. The van der Waals surface area contributed by atoms with E-state index in [4.69, 9.17) is 28.4 Å². The maximum Gasteiger partial charge on any atom is 0.231 e. The summed E-state index contributed by atoms with van der Waals surface area (Å²) in [5.41, 5.74) is 11.6. The summed E-state index contributed by atoms with van der Waals surface area (Å²) >= 11 is 4.92. The molecule has 0 atom stereocenters. The molecule has 0 aromatic heterocycles. The molecule has 6 heteroatoms. The summed E-state index contributed by atoms with van der Waals surface area (Å²) in [6, 6.07) is 7.55. The van der Waals surface area contributed by atoms with Crippen LogP contribution in [-0.4, -0.2) is 41.5 Å². The lowest BCUT2D eigenvalue weighted by Gasteiger charge is -2.24. The van der Waals surface area contributed by atoms with E-state index in [1.807, 2.05) is 36.9 Å². The van der Waals surface area contributed by atoms with Gasteiger partial charge in [0.2, 0.25) is 5.91 Å². The molecule has 1 amide bonds. The van der Waals surface area contributed by atoms with Crippen molar-refractivity contribution in [2.75, 3.05) is 19.7 Å². The maximum absolute atomic E-state index is 11.0. The van der Waals surface area contributed by atoms with Gasteiger partial charge >= 0.3 is 0 Å². The number of nitrogens with two attached hydrogens (primary N) is 2. The van der Waals surface area contributed by atoms with Crippen LogP contribution in [-0.2, 0) is 4.79 Å². The topological polar surface area (TPSA) is 81.6 Å². The number of amides is 1. The molecule has 4 N–H and O–H groups in total. The molecular weight excluding hydrogens is 274 g/mol. The summed E-state index contributed by atoms with van der Waals surface area (Å²) in [5, 5.41) is 0. The van der Waals surface area contributed by atoms with Crippen LogP contribution in [0.5, 0.6) is 5.75 Å². The first-order valence-electron chi connectivity index (χ1n) is 6.45. The zero-order chi connectivity index (χ0) is 15.1. The molecule has 0 bridgehead atoms. The zero-order valence-electron chi connectivity index (χ0n) is 11.8. The SMILES string of the molecule is CC(C)N(CCOc1cccc(C(N)=S)c1)CC(N)=O. The molecule has 0 saturated carbocycles. The summed E-state index contributed by atoms with van der Waals surface area (Å²) in [4.78, 5) is 13.3. The zero-order valence-corrected chi connectivity index (χ0v) is 12.7. The number of nitrogens with zero attached hydrogens (tertiary/aromatic N) is 1. The molecule has 0 aliphatic rings. The number of hydrogen-bond donors (Lipinski definition) is 2. The first kappa shape index (κ1) is 16.4. The highest BCUT2D eigenvalue weighted by Crippen LogP contribution is 2.13. The Morgan fingerprint density at radius 1 is 1.40 bits per heavy atom. The molecule has 1 aromatic rings. The number of hydrogen-bond acceptors (Lipinski definition) is 4. The quantitative estimate of drug-likeness (QED) is 0.696. The van der Waals surface area contributed by atoms with Gasteiger partial charge in [-0.05, 0) is 26.0 Å². The second-order valence-electron chi connectivity index (χ2n) is 4.77. The van der Waals surface area contributed by atoms with Crippen LogP contribution in [0.15, 0.2) is 24.3 Å². The van der Waals surface area contributed by atoms with E-state index in [1.54, 1.807) is 6.07 Å². The van der Waals surface area contributed by atoms with Gasteiger partial charge in [-0.25, -0.2) is 0 Å². The van der Waals surface area contributed by atoms with Gasteiger partial charge in [-0.3, -0.25) is 9.69 Å². The number of thiocarbonyl (C=S) groups is 1. The van der Waals surface area contributed by atoms with Gasteiger partial charge in [0.05, 0.1) is 6.54 Å². The molecule has 0 spiro atoms. The molecular formula is C14H21N3O2S. The van der Waals surface area contributed by atoms with Crippen molar-refractivity contribution in [2.24, 2.45) is 11.5 Å². The van der Waals surface area contributed by atoms with Crippen molar-refractivity contribution < 1.29 is 9.53 Å². The van der Waals surface area contributed by atoms with Crippen LogP contribution in [0.2, 0.25) is 0 Å². The highest BCUT2D eigenvalue weighted by atomic mass is 32.1. The lowest BCUT2D eigenvalue weighted by atomic mass is 10.2. The molecule has 0 radical (unpaired) electrons. The van der Waals surface area contributed by atoms with Crippen LogP contribution in [0.3, 0.4) is 0 Å². The van der Waals surface area contributed by atoms with E-state index < -0.39 is 0 Å². The highest BCUT2D eigenvalue weighted by molar-refractivity contribution is 7.80. The molecule has 20 heavy (non-hydrogen) atoms. The second-order valence-corrected chi connectivity index (χ2v) is 5.21. The van der Waals surface area contributed by atoms with Gasteiger partial charge in [0.25, 0.3) is 0 Å². The first-order chi connectivity index (χ1) is 9.40. The third kappa shape index (κ3) is 5.54. The van der Waals surface area contributed by atoms with E-state index in [2.05, 4.69) is 0 Å². The van der Waals surface area contributed by atoms with Gasteiger partial charge in [-0.1, -0.05) is 24.4 Å². The van der Waals surface area contributed by atoms with Crippen molar-refractivity contribution in [1.29, 1.82) is 0 Å². The Morgan fingerprint density at radius 2 is 2.10 bits per heavy atom. The minimum atomic E-state index is -0.339. The average molecular weight is 295 g/mol. The van der Waals surface area contributed by atoms with Crippen LogP contribution >= 0.6 is 12.2 Å². The molecule has 110 valence electrons. The van der Waals surface area contributed by atoms with E-state index in [-0.39, 0.29) is 18.5 Å². The van der Waals surface area contributed by atoms with Gasteiger partial charge < -0.3 is 16.2 Å². The Bertz CT molecular complexity index is 477. The summed E-state index contributed by atoms with van der Waals surface area (Å²) in [6.45, 7) is 5.34. The number of ether oxygens (including phenoxy) is 1. The number of benzene rings is 1. The minimum Gasteiger partial charge on any atom is -0.492 e. The molecule has 0 saturated heterocycles. The largest absolute Gasteiger partial charge is 0.492 e. The molecule has 0 aliphatic heterocycles. The number of carbonyl (C=O) groups is 1. The molecule has 5 nitrogen and oxygen atoms in total. The summed E-state index contributed by atoms with van der Waals surface area (Å²) < 4.78 is 5.65.